The summed E-state index contributed by atoms with van der Waals surface area (Å²) in [6, 6.07) is 0.341. The predicted octanol–water partition coefficient (Wildman–Crippen LogP) is 0.686. The maximum Gasteiger partial charge on any atom is 0.244 e. The van der Waals surface area contributed by atoms with Gasteiger partial charge in [-0.2, -0.15) is 5.10 Å². The van der Waals surface area contributed by atoms with Gasteiger partial charge in [0.1, 0.15) is 19.2 Å². The molecule has 1 aliphatic heterocycles. The number of nitrogens with zero attached hydrogens (tertiary/aromatic N) is 7. The van der Waals surface area contributed by atoms with E-state index in [4.69, 9.17) is 0 Å². The Kier molecular flexibility index (Phi) is 4.45. The molecule has 0 unspecified atom stereocenters. The minimum Gasteiger partial charge on any atom is -0.341 e. The number of aromatic nitrogens is 6. The van der Waals surface area contributed by atoms with Crippen molar-refractivity contribution in [3.05, 3.63) is 24.5 Å². The van der Waals surface area contributed by atoms with E-state index in [0.717, 1.165) is 44.5 Å². The van der Waals surface area contributed by atoms with Gasteiger partial charge in [-0.15, -0.1) is 5.10 Å². The quantitative estimate of drug-likeness (QED) is 0.811. The van der Waals surface area contributed by atoms with Crippen molar-refractivity contribution in [2.24, 2.45) is 0 Å². The number of rotatable bonds is 5. The van der Waals surface area contributed by atoms with Gasteiger partial charge in [0, 0.05) is 19.3 Å². The summed E-state index contributed by atoms with van der Waals surface area (Å²) in [6.07, 6.45) is 8.92. The number of aryl methyl sites for hydroxylation is 1. The molecular weight excluding hydrogens is 282 g/mol. The lowest BCUT2D eigenvalue weighted by molar-refractivity contribution is -0.133. The summed E-state index contributed by atoms with van der Waals surface area (Å²) in [5.74, 6) is 0.0919. The lowest BCUT2D eigenvalue weighted by Gasteiger charge is -2.31. The van der Waals surface area contributed by atoms with Crippen LogP contribution in [0.4, 0.5) is 0 Å². The van der Waals surface area contributed by atoms with Gasteiger partial charge in [-0.3, -0.25) is 4.79 Å². The Morgan fingerprint density at radius 3 is 2.86 bits per heavy atom. The summed E-state index contributed by atoms with van der Waals surface area (Å²) in [6.45, 7) is 3.90. The van der Waals surface area contributed by atoms with Crippen molar-refractivity contribution < 1.29 is 4.79 Å². The first-order valence-corrected chi connectivity index (χ1v) is 7.77. The van der Waals surface area contributed by atoms with Crippen LogP contribution < -0.4 is 0 Å². The third-order valence-electron chi connectivity index (χ3n) is 4.02. The number of hydrogen-bond donors (Lipinski definition) is 0. The van der Waals surface area contributed by atoms with Gasteiger partial charge in [-0.05, 0) is 19.3 Å². The smallest absolute Gasteiger partial charge is 0.244 e. The third kappa shape index (κ3) is 3.32. The molecule has 0 spiro atoms. The van der Waals surface area contributed by atoms with Crippen molar-refractivity contribution in [2.75, 3.05) is 13.1 Å². The van der Waals surface area contributed by atoms with Crippen molar-refractivity contribution in [1.82, 2.24) is 34.7 Å². The van der Waals surface area contributed by atoms with Gasteiger partial charge in [-0.1, -0.05) is 18.6 Å². The monoisotopic (exact) mass is 303 g/mol. The lowest BCUT2D eigenvalue weighted by atomic mass is 10.1. The fraction of sp³-hybridized carbons (Fsp3) is 0.643. The molecule has 22 heavy (non-hydrogen) atoms. The Hall–Kier alpha value is -2.25. The van der Waals surface area contributed by atoms with Gasteiger partial charge in [0.15, 0.2) is 0 Å². The first kappa shape index (κ1) is 14.7. The molecular formula is C14H21N7O. The second-order valence-corrected chi connectivity index (χ2v) is 5.64. The Labute approximate surface area is 129 Å². The molecule has 0 bridgehead atoms. The first-order valence-electron chi connectivity index (χ1n) is 7.77. The molecule has 0 aliphatic carbocycles. The van der Waals surface area contributed by atoms with E-state index in [2.05, 4.69) is 27.3 Å². The third-order valence-corrected chi connectivity index (χ3v) is 4.02. The Morgan fingerprint density at radius 2 is 2.18 bits per heavy atom. The highest BCUT2D eigenvalue weighted by Crippen LogP contribution is 2.22. The molecule has 118 valence electrons. The van der Waals surface area contributed by atoms with Crippen LogP contribution >= 0.6 is 0 Å². The average molecular weight is 303 g/mol. The van der Waals surface area contributed by atoms with Crippen LogP contribution in [0.25, 0.3) is 0 Å². The number of carbonyl (C=O) groups excluding carboxylic acids is 1. The number of carbonyl (C=O) groups is 1. The molecule has 0 N–H and O–H groups in total. The van der Waals surface area contributed by atoms with Crippen molar-refractivity contribution in [3.8, 4) is 0 Å². The molecule has 0 atom stereocenters. The van der Waals surface area contributed by atoms with Gasteiger partial charge in [0.25, 0.3) is 0 Å². The summed E-state index contributed by atoms with van der Waals surface area (Å²) < 4.78 is 3.52. The van der Waals surface area contributed by atoms with Crippen molar-refractivity contribution in [3.63, 3.8) is 0 Å². The van der Waals surface area contributed by atoms with Crippen LogP contribution in [-0.4, -0.2) is 53.7 Å². The van der Waals surface area contributed by atoms with E-state index in [-0.39, 0.29) is 12.5 Å². The number of hydrogen-bond acceptors (Lipinski definition) is 5. The van der Waals surface area contributed by atoms with Gasteiger partial charge >= 0.3 is 0 Å². The maximum absolute atomic E-state index is 12.2. The molecule has 2 aromatic rings. The average Bonchev–Trinajstić information content (AvgIpc) is 3.20. The summed E-state index contributed by atoms with van der Waals surface area (Å²) in [5, 5.41) is 12.4. The fourth-order valence-electron chi connectivity index (χ4n) is 2.80. The lowest BCUT2D eigenvalue weighted by Crippen LogP contribution is -2.40. The second kappa shape index (κ2) is 6.67. The minimum absolute atomic E-state index is 0.0919. The van der Waals surface area contributed by atoms with Gasteiger partial charge in [0.05, 0.1) is 11.7 Å². The normalized spacial score (nSPS) is 16.1. The fourth-order valence-corrected chi connectivity index (χ4v) is 2.80. The molecule has 2 aromatic heterocycles. The van der Waals surface area contributed by atoms with Crippen LogP contribution in [0.15, 0.2) is 18.9 Å². The van der Waals surface area contributed by atoms with Gasteiger partial charge < -0.3 is 4.90 Å². The van der Waals surface area contributed by atoms with Gasteiger partial charge in [-0.25, -0.2) is 14.3 Å². The molecule has 1 saturated heterocycles. The van der Waals surface area contributed by atoms with Crippen molar-refractivity contribution in [1.29, 1.82) is 0 Å². The molecule has 3 rings (SSSR count). The number of piperidine rings is 1. The standard InChI is InChI=1S/C14H21N7O/c1-2-3-12-8-21(18-17-12)13-4-6-19(7-5-13)14(22)9-20-11-15-10-16-20/h8,10-11,13H,2-7,9H2,1H3. The number of amides is 1. The first-order chi connectivity index (χ1) is 10.8. The highest BCUT2D eigenvalue weighted by Gasteiger charge is 2.24. The number of likely N-dealkylation sites (tertiary alicyclic amines) is 1. The van der Waals surface area contributed by atoms with E-state index in [1.807, 2.05) is 15.8 Å². The highest BCUT2D eigenvalue weighted by molar-refractivity contribution is 5.75. The van der Waals surface area contributed by atoms with Gasteiger partial charge in [0.2, 0.25) is 5.91 Å². The van der Waals surface area contributed by atoms with Crippen LogP contribution in [0, 0.1) is 0 Å². The summed E-state index contributed by atoms with van der Waals surface area (Å²) in [7, 11) is 0. The van der Waals surface area contributed by atoms with E-state index in [9.17, 15) is 4.79 Å². The summed E-state index contributed by atoms with van der Waals surface area (Å²) in [5.41, 5.74) is 1.05. The molecule has 1 fully saturated rings. The molecule has 0 saturated carbocycles. The predicted molar refractivity (Wildman–Crippen MR) is 78.9 cm³/mol. The van der Waals surface area contributed by atoms with Crippen LogP contribution in [0.5, 0.6) is 0 Å². The summed E-state index contributed by atoms with van der Waals surface area (Å²) in [4.78, 5) is 17.9. The van der Waals surface area contributed by atoms with Crippen LogP contribution in [0.2, 0.25) is 0 Å². The zero-order chi connectivity index (χ0) is 15.4. The second-order valence-electron chi connectivity index (χ2n) is 5.64. The zero-order valence-electron chi connectivity index (χ0n) is 12.8. The zero-order valence-corrected chi connectivity index (χ0v) is 12.8. The Morgan fingerprint density at radius 1 is 1.36 bits per heavy atom. The largest absolute Gasteiger partial charge is 0.341 e. The summed E-state index contributed by atoms with van der Waals surface area (Å²) >= 11 is 0. The molecule has 0 radical (unpaired) electrons. The minimum atomic E-state index is 0.0919. The molecule has 1 amide bonds. The van der Waals surface area contributed by atoms with Crippen molar-refractivity contribution >= 4 is 5.91 Å². The van der Waals surface area contributed by atoms with Crippen molar-refractivity contribution in [2.45, 2.75) is 45.2 Å². The van der Waals surface area contributed by atoms with Crippen LogP contribution in [0.1, 0.15) is 37.9 Å². The van der Waals surface area contributed by atoms with E-state index in [1.54, 1.807) is 11.0 Å². The van der Waals surface area contributed by atoms with E-state index in [0.29, 0.717) is 6.04 Å². The Bertz CT molecular complexity index is 598. The highest BCUT2D eigenvalue weighted by atomic mass is 16.2. The Balaban J connectivity index is 1.52. The van der Waals surface area contributed by atoms with Crippen LogP contribution in [-0.2, 0) is 17.8 Å². The molecule has 8 heteroatoms. The topological polar surface area (TPSA) is 81.7 Å². The van der Waals surface area contributed by atoms with E-state index >= 15 is 0 Å². The maximum atomic E-state index is 12.2. The van der Waals surface area contributed by atoms with E-state index in [1.165, 1.54) is 6.33 Å². The molecule has 0 aromatic carbocycles. The molecule has 8 nitrogen and oxygen atoms in total. The molecule has 1 aliphatic rings. The molecule has 3 heterocycles. The van der Waals surface area contributed by atoms with E-state index < -0.39 is 0 Å². The SMILES string of the molecule is CCCc1cn(C2CCN(C(=O)Cn3cncn3)CC2)nn1. The van der Waals surface area contributed by atoms with Crippen LogP contribution in [0.3, 0.4) is 0 Å².